The van der Waals surface area contributed by atoms with E-state index in [9.17, 15) is 20.0 Å². The van der Waals surface area contributed by atoms with E-state index < -0.39 is 5.76 Å². The SMILES string of the molecule is N#Cc1cccc(Cn2c(=O)oc3ccc(CC(=O)N[C@H](CN4CC[C@H](O)C4)c4ccccc4)cc32)c1. The smallest absolute Gasteiger partial charge is 0.408 e. The van der Waals surface area contributed by atoms with Crippen molar-refractivity contribution in [3.63, 3.8) is 0 Å². The molecule has 0 aliphatic carbocycles. The van der Waals surface area contributed by atoms with Crippen LogP contribution in [0.15, 0.2) is 82.0 Å². The number of oxazole rings is 1. The lowest BCUT2D eigenvalue weighted by molar-refractivity contribution is -0.121. The van der Waals surface area contributed by atoms with Crippen LogP contribution in [0.5, 0.6) is 0 Å². The highest BCUT2D eigenvalue weighted by Crippen LogP contribution is 2.20. The Labute approximate surface area is 214 Å². The summed E-state index contributed by atoms with van der Waals surface area (Å²) in [5.74, 6) is -0.622. The van der Waals surface area contributed by atoms with Gasteiger partial charge in [0.05, 0.1) is 42.3 Å². The van der Waals surface area contributed by atoms with Crippen LogP contribution in [0, 0.1) is 11.3 Å². The molecular formula is C29H28N4O4. The van der Waals surface area contributed by atoms with Gasteiger partial charge in [0.2, 0.25) is 5.91 Å². The Kier molecular flexibility index (Phi) is 7.17. The van der Waals surface area contributed by atoms with Gasteiger partial charge >= 0.3 is 5.76 Å². The number of nitrogens with one attached hydrogen (secondary N) is 1. The van der Waals surface area contributed by atoms with Crippen molar-refractivity contribution >= 4 is 17.0 Å². The van der Waals surface area contributed by atoms with Crippen LogP contribution in [0.4, 0.5) is 0 Å². The minimum Gasteiger partial charge on any atom is -0.408 e. The van der Waals surface area contributed by atoms with Crippen molar-refractivity contribution in [3.05, 3.63) is 106 Å². The number of aliphatic hydroxyl groups is 1. The van der Waals surface area contributed by atoms with Gasteiger partial charge in [0, 0.05) is 19.6 Å². The summed E-state index contributed by atoms with van der Waals surface area (Å²) >= 11 is 0. The molecule has 1 aliphatic heterocycles. The fourth-order valence-corrected chi connectivity index (χ4v) is 4.88. The van der Waals surface area contributed by atoms with Crippen molar-refractivity contribution in [2.45, 2.75) is 31.5 Å². The number of rotatable bonds is 8. The first-order chi connectivity index (χ1) is 18.0. The largest absolute Gasteiger partial charge is 0.420 e. The third kappa shape index (κ3) is 5.80. The van der Waals surface area contributed by atoms with Crippen molar-refractivity contribution < 1.29 is 14.3 Å². The van der Waals surface area contributed by atoms with Crippen LogP contribution in [-0.2, 0) is 17.8 Å². The Morgan fingerprint density at radius 3 is 2.70 bits per heavy atom. The van der Waals surface area contributed by atoms with E-state index in [4.69, 9.17) is 4.42 Å². The fraction of sp³-hybridized carbons (Fsp3) is 0.276. The quantitative estimate of drug-likeness (QED) is 0.388. The van der Waals surface area contributed by atoms with Crippen LogP contribution < -0.4 is 11.1 Å². The van der Waals surface area contributed by atoms with Gasteiger partial charge in [-0.2, -0.15) is 5.26 Å². The third-order valence-electron chi connectivity index (χ3n) is 6.72. The summed E-state index contributed by atoms with van der Waals surface area (Å²) in [7, 11) is 0. The molecule has 5 rings (SSSR count). The Morgan fingerprint density at radius 1 is 1.11 bits per heavy atom. The van der Waals surface area contributed by atoms with Gasteiger partial charge in [0.15, 0.2) is 5.58 Å². The molecule has 2 atom stereocenters. The highest BCUT2D eigenvalue weighted by atomic mass is 16.4. The Bertz CT molecular complexity index is 1500. The molecule has 2 N–H and O–H groups in total. The lowest BCUT2D eigenvalue weighted by Gasteiger charge is -2.25. The fourth-order valence-electron chi connectivity index (χ4n) is 4.88. The van der Waals surface area contributed by atoms with Crippen LogP contribution in [0.3, 0.4) is 0 Å². The second-order valence-electron chi connectivity index (χ2n) is 9.48. The first-order valence-corrected chi connectivity index (χ1v) is 12.3. The topological polar surface area (TPSA) is 112 Å². The third-order valence-corrected chi connectivity index (χ3v) is 6.72. The van der Waals surface area contributed by atoms with Gasteiger partial charge in [-0.25, -0.2) is 4.79 Å². The van der Waals surface area contributed by atoms with Crippen LogP contribution in [0.25, 0.3) is 11.1 Å². The summed E-state index contributed by atoms with van der Waals surface area (Å²) in [6, 6.07) is 24.1. The molecule has 1 amide bonds. The van der Waals surface area contributed by atoms with Gasteiger partial charge < -0.3 is 14.8 Å². The molecule has 8 heteroatoms. The Hall–Kier alpha value is -4.19. The molecule has 0 saturated carbocycles. The second kappa shape index (κ2) is 10.8. The standard InChI is InChI=1S/C29H28N4O4/c30-16-21-5-4-6-22(13-21)17-33-26-14-20(9-10-27(26)37-29(33)36)15-28(35)31-25(23-7-2-1-3-8-23)19-32-12-11-24(34)18-32/h1-10,13-14,24-25,34H,11-12,15,17-19H2,(H,31,35)/t24-,25+/m0/s1. The van der Waals surface area contributed by atoms with E-state index >= 15 is 0 Å². The summed E-state index contributed by atoms with van der Waals surface area (Å²) < 4.78 is 6.92. The molecule has 37 heavy (non-hydrogen) atoms. The van der Waals surface area contributed by atoms with E-state index in [0.29, 0.717) is 29.8 Å². The van der Waals surface area contributed by atoms with E-state index in [0.717, 1.165) is 29.7 Å². The average Bonchev–Trinajstić information content (AvgIpc) is 3.46. The molecule has 0 spiro atoms. The molecule has 0 unspecified atom stereocenters. The van der Waals surface area contributed by atoms with Crippen molar-refractivity contribution in [2.24, 2.45) is 0 Å². The molecule has 1 aliphatic rings. The van der Waals surface area contributed by atoms with Gasteiger partial charge in [-0.3, -0.25) is 14.3 Å². The number of hydrogen-bond donors (Lipinski definition) is 2. The molecule has 4 aromatic rings. The van der Waals surface area contributed by atoms with Gasteiger partial charge in [0.25, 0.3) is 0 Å². The summed E-state index contributed by atoms with van der Waals surface area (Å²) in [6.07, 6.45) is 0.558. The highest BCUT2D eigenvalue weighted by molar-refractivity contribution is 5.81. The van der Waals surface area contributed by atoms with Gasteiger partial charge in [-0.15, -0.1) is 0 Å². The van der Waals surface area contributed by atoms with Crippen LogP contribution in [-0.4, -0.2) is 46.2 Å². The molecule has 188 valence electrons. The Morgan fingerprint density at radius 2 is 1.95 bits per heavy atom. The molecule has 3 aromatic carbocycles. The molecule has 1 aromatic heterocycles. The maximum Gasteiger partial charge on any atom is 0.420 e. The van der Waals surface area contributed by atoms with Crippen LogP contribution in [0.2, 0.25) is 0 Å². The molecule has 2 heterocycles. The first-order valence-electron chi connectivity index (χ1n) is 12.3. The second-order valence-corrected chi connectivity index (χ2v) is 9.48. The maximum absolute atomic E-state index is 13.1. The van der Waals surface area contributed by atoms with Crippen molar-refractivity contribution in [1.29, 1.82) is 5.26 Å². The lowest BCUT2D eigenvalue weighted by Crippen LogP contribution is -2.38. The number of nitrogens with zero attached hydrogens (tertiary/aromatic N) is 3. The van der Waals surface area contributed by atoms with E-state index in [1.165, 1.54) is 4.57 Å². The molecule has 1 saturated heterocycles. The van der Waals surface area contributed by atoms with Crippen LogP contribution in [0.1, 0.15) is 34.7 Å². The van der Waals surface area contributed by atoms with E-state index in [1.807, 2.05) is 42.5 Å². The number of aliphatic hydroxyl groups excluding tert-OH is 1. The molecular weight excluding hydrogens is 468 g/mol. The number of benzene rings is 3. The summed E-state index contributed by atoms with van der Waals surface area (Å²) in [5.41, 5.74) is 4.14. The summed E-state index contributed by atoms with van der Waals surface area (Å²) in [5, 5.41) is 22.2. The zero-order valence-electron chi connectivity index (χ0n) is 20.3. The zero-order valence-corrected chi connectivity index (χ0v) is 20.3. The summed E-state index contributed by atoms with van der Waals surface area (Å²) in [6.45, 7) is 2.28. The number of carbonyl (C=O) groups excluding carboxylic acids is 1. The number of fused-ring (bicyclic) bond motifs is 1. The zero-order chi connectivity index (χ0) is 25.8. The van der Waals surface area contributed by atoms with Crippen molar-refractivity contribution in [3.8, 4) is 6.07 Å². The molecule has 0 radical (unpaired) electrons. The van der Waals surface area contributed by atoms with Crippen LogP contribution >= 0.6 is 0 Å². The van der Waals surface area contributed by atoms with Crippen molar-refractivity contribution in [2.75, 3.05) is 19.6 Å². The van der Waals surface area contributed by atoms with Gasteiger partial charge in [-0.1, -0.05) is 48.5 Å². The van der Waals surface area contributed by atoms with Gasteiger partial charge in [-0.05, 0) is 47.4 Å². The number of likely N-dealkylation sites (tertiary alicyclic amines) is 1. The predicted octanol–water partition coefficient (Wildman–Crippen LogP) is 2.98. The van der Waals surface area contributed by atoms with E-state index in [1.54, 1.807) is 30.3 Å². The number of amides is 1. The summed E-state index contributed by atoms with van der Waals surface area (Å²) in [4.78, 5) is 27.8. The number of nitriles is 1. The van der Waals surface area contributed by atoms with Crippen molar-refractivity contribution in [1.82, 2.24) is 14.8 Å². The monoisotopic (exact) mass is 496 g/mol. The predicted molar refractivity (Wildman–Crippen MR) is 139 cm³/mol. The minimum atomic E-state index is -0.490. The highest BCUT2D eigenvalue weighted by Gasteiger charge is 2.25. The Balaban J connectivity index is 1.34. The molecule has 1 fully saturated rings. The minimum absolute atomic E-state index is 0.132. The average molecular weight is 497 g/mol. The lowest BCUT2D eigenvalue weighted by atomic mass is 10.1. The van der Waals surface area contributed by atoms with E-state index in [-0.39, 0.29) is 31.0 Å². The maximum atomic E-state index is 13.1. The van der Waals surface area contributed by atoms with E-state index in [2.05, 4.69) is 16.3 Å². The number of aromatic nitrogens is 1. The number of β-amino-alcohol motifs (C(OH)–C–C–N with tert-alkyl or cyclic N) is 1. The molecule has 0 bridgehead atoms. The van der Waals surface area contributed by atoms with Gasteiger partial charge in [0.1, 0.15) is 0 Å². The number of hydrogen-bond acceptors (Lipinski definition) is 6. The first kappa shape index (κ1) is 24.5. The number of carbonyl (C=O) groups is 1. The molecule has 8 nitrogen and oxygen atoms in total. The normalized spacial score (nSPS) is 16.5.